The molecule has 1 atom stereocenters. The summed E-state index contributed by atoms with van der Waals surface area (Å²) in [5.41, 5.74) is 1.49. The molecule has 0 fully saturated rings. The van der Waals surface area contributed by atoms with Gasteiger partial charge in [0.1, 0.15) is 5.82 Å². The molecule has 0 bridgehead atoms. The fourth-order valence-corrected chi connectivity index (χ4v) is 1.82. The second-order valence-corrected chi connectivity index (χ2v) is 4.76. The molecule has 0 aliphatic carbocycles. The van der Waals surface area contributed by atoms with E-state index in [1.807, 2.05) is 20.0 Å². The Morgan fingerprint density at radius 2 is 2.16 bits per heavy atom. The monoisotopic (exact) mass is 263 g/mol. The van der Waals surface area contributed by atoms with E-state index in [-0.39, 0.29) is 5.82 Å². The first-order valence-electron chi connectivity index (χ1n) is 6.36. The van der Waals surface area contributed by atoms with Gasteiger partial charge in [-0.1, -0.05) is 5.16 Å². The molecule has 2 aromatic rings. The number of hydrogen-bond donors (Lipinski definition) is 1. The van der Waals surface area contributed by atoms with E-state index in [0.717, 1.165) is 12.0 Å². The standard InChI is InChI=1S/C14H18FN3O/c1-9-6-11(8-12(15)7-9)14-17-13(19-18-14)5-4-10(2)16-3/h6-8,10,16H,4-5H2,1-3H3. The van der Waals surface area contributed by atoms with Gasteiger partial charge in [0, 0.05) is 18.0 Å². The van der Waals surface area contributed by atoms with Gasteiger partial charge in [-0.15, -0.1) is 0 Å². The van der Waals surface area contributed by atoms with Crippen molar-refractivity contribution in [3.8, 4) is 11.4 Å². The first-order chi connectivity index (χ1) is 9.08. The Balaban J connectivity index is 2.12. The summed E-state index contributed by atoms with van der Waals surface area (Å²) in [4.78, 5) is 4.30. The van der Waals surface area contributed by atoms with Crippen molar-refractivity contribution in [1.82, 2.24) is 15.5 Å². The van der Waals surface area contributed by atoms with E-state index in [1.165, 1.54) is 12.1 Å². The summed E-state index contributed by atoms with van der Waals surface area (Å²) in [5, 5.41) is 7.05. The van der Waals surface area contributed by atoms with Gasteiger partial charge < -0.3 is 9.84 Å². The number of aromatic nitrogens is 2. The lowest BCUT2D eigenvalue weighted by molar-refractivity contribution is 0.369. The van der Waals surface area contributed by atoms with E-state index in [4.69, 9.17) is 4.52 Å². The lowest BCUT2D eigenvalue weighted by atomic mass is 10.1. The van der Waals surface area contributed by atoms with Crippen LogP contribution in [-0.4, -0.2) is 23.2 Å². The zero-order chi connectivity index (χ0) is 13.8. The van der Waals surface area contributed by atoms with Gasteiger partial charge in [-0.25, -0.2) is 4.39 Å². The van der Waals surface area contributed by atoms with E-state index in [2.05, 4.69) is 22.4 Å². The van der Waals surface area contributed by atoms with Crippen LogP contribution in [0.1, 0.15) is 24.8 Å². The molecule has 4 nitrogen and oxygen atoms in total. The van der Waals surface area contributed by atoms with Gasteiger partial charge in [0.2, 0.25) is 11.7 Å². The van der Waals surface area contributed by atoms with Crippen LogP contribution in [0.5, 0.6) is 0 Å². The molecule has 0 aliphatic heterocycles. The van der Waals surface area contributed by atoms with Crippen LogP contribution in [0.4, 0.5) is 4.39 Å². The fraction of sp³-hybridized carbons (Fsp3) is 0.429. The third-order valence-corrected chi connectivity index (χ3v) is 3.05. The number of halogens is 1. The molecule has 0 spiro atoms. The Bertz CT molecular complexity index is 533. The summed E-state index contributed by atoms with van der Waals surface area (Å²) in [5.74, 6) is 0.735. The Morgan fingerprint density at radius 1 is 1.37 bits per heavy atom. The molecule has 1 aromatic heterocycles. The second kappa shape index (κ2) is 5.93. The first-order valence-corrected chi connectivity index (χ1v) is 6.36. The minimum Gasteiger partial charge on any atom is -0.339 e. The minimum absolute atomic E-state index is 0.287. The maximum Gasteiger partial charge on any atom is 0.227 e. The van der Waals surface area contributed by atoms with Crippen molar-refractivity contribution in [1.29, 1.82) is 0 Å². The van der Waals surface area contributed by atoms with E-state index < -0.39 is 0 Å². The third kappa shape index (κ3) is 3.61. The normalized spacial score (nSPS) is 12.6. The Hall–Kier alpha value is -1.75. The average Bonchev–Trinajstić information content (AvgIpc) is 2.83. The quantitative estimate of drug-likeness (QED) is 0.901. The molecule has 0 saturated carbocycles. The zero-order valence-corrected chi connectivity index (χ0v) is 11.4. The molecule has 0 aliphatic rings. The van der Waals surface area contributed by atoms with E-state index in [1.54, 1.807) is 0 Å². The highest BCUT2D eigenvalue weighted by Gasteiger charge is 2.11. The summed E-state index contributed by atoms with van der Waals surface area (Å²) >= 11 is 0. The van der Waals surface area contributed by atoms with Crippen molar-refractivity contribution < 1.29 is 8.91 Å². The van der Waals surface area contributed by atoms with Crippen molar-refractivity contribution in [2.24, 2.45) is 0 Å². The van der Waals surface area contributed by atoms with Gasteiger partial charge in [0.05, 0.1) is 0 Å². The van der Waals surface area contributed by atoms with Crippen molar-refractivity contribution >= 4 is 0 Å². The lowest BCUT2D eigenvalue weighted by Crippen LogP contribution is -2.21. The van der Waals surface area contributed by atoms with Gasteiger partial charge in [-0.05, 0) is 51.1 Å². The van der Waals surface area contributed by atoms with Crippen LogP contribution in [0, 0.1) is 12.7 Å². The summed E-state index contributed by atoms with van der Waals surface area (Å²) in [6.07, 6.45) is 1.63. The smallest absolute Gasteiger partial charge is 0.227 e. The molecule has 5 heteroatoms. The lowest BCUT2D eigenvalue weighted by Gasteiger charge is -2.06. The van der Waals surface area contributed by atoms with Crippen LogP contribution in [0.2, 0.25) is 0 Å². The van der Waals surface area contributed by atoms with Crippen LogP contribution >= 0.6 is 0 Å². The van der Waals surface area contributed by atoms with Crippen molar-refractivity contribution in [2.75, 3.05) is 7.05 Å². The molecular weight excluding hydrogens is 245 g/mol. The van der Waals surface area contributed by atoms with Crippen LogP contribution in [-0.2, 0) is 6.42 Å². The largest absolute Gasteiger partial charge is 0.339 e. The Morgan fingerprint density at radius 3 is 2.84 bits per heavy atom. The predicted octanol–water partition coefficient (Wildman–Crippen LogP) is 2.72. The highest BCUT2D eigenvalue weighted by molar-refractivity contribution is 5.55. The number of aryl methyl sites for hydroxylation is 2. The molecule has 2 rings (SSSR count). The molecule has 102 valence electrons. The molecule has 0 saturated heterocycles. The predicted molar refractivity (Wildman–Crippen MR) is 71.3 cm³/mol. The number of nitrogens with one attached hydrogen (secondary N) is 1. The first kappa shape index (κ1) is 13.7. The van der Waals surface area contributed by atoms with Crippen molar-refractivity contribution in [3.05, 3.63) is 35.5 Å². The molecule has 0 amide bonds. The molecule has 1 unspecified atom stereocenters. The van der Waals surface area contributed by atoms with Gasteiger partial charge in [0.25, 0.3) is 0 Å². The van der Waals surface area contributed by atoms with E-state index in [0.29, 0.717) is 29.7 Å². The van der Waals surface area contributed by atoms with Crippen molar-refractivity contribution in [2.45, 2.75) is 32.7 Å². The van der Waals surface area contributed by atoms with Gasteiger partial charge in [0.15, 0.2) is 0 Å². The van der Waals surface area contributed by atoms with Crippen LogP contribution in [0.25, 0.3) is 11.4 Å². The van der Waals surface area contributed by atoms with Gasteiger partial charge in [-0.3, -0.25) is 0 Å². The highest BCUT2D eigenvalue weighted by Crippen LogP contribution is 2.19. The van der Waals surface area contributed by atoms with Gasteiger partial charge in [-0.2, -0.15) is 4.98 Å². The number of rotatable bonds is 5. The molecule has 19 heavy (non-hydrogen) atoms. The van der Waals surface area contributed by atoms with Crippen molar-refractivity contribution in [3.63, 3.8) is 0 Å². The fourth-order valence-electron chi connectivity index (χ4n) is 1.82. The van der Waals surface area contributed by atoms with E-state index >= 15 is 0 Å². The highest BCUT2D eigenvalue weighted by atomic mass is 19.1. The number of hydrogen-bond acceptors (Lipinski definition) is 4. The average molecular weight is 263 g/mol. The third-order valence-electron chi connectivity index (χ3n) is 3.05. The molecule has 1 N–H and O–H groups in total. The summed E-state index contributed by atoms with van der Waals surface area (Å²) in [6, 6.07) is 5.12. The number of benzene rings is 1. The maximum atomic E-state index is 13.3. The second-order valence-electron chi connectivity index (χ2n) is 4.76. The zero-order valence-electron chi connectivity index (χ0n) is 11.4. The minimum atomic E-state index is -0.287. The topological polar surface area (TPSA) is 51.0 Å². The van der Waals surface area contributed by atoms with Crippen LogP contribution in [0.15, 0.2) is 22.7 Å². The Kier molecular flexibility index (Phi) is 4.27. The maximum absolute atomic E-state index is 13.3. The van der Waals surface area contributed by atoms with E-state index in [9.17, 15) is 4.39 Å². The number of nitrogens with zero attached hydrogens (tertiary/aromatic N) is 2. The molecular formula is C14H18FN3O. The Labute approximate surface area is 112 Å². The summed E-state index contributed by atoms with van der Waals surface area (Å²) in [7, 11) is 1.92. The molecule has 1 heterocycles. The summed E-state index contributed by atoms with van der Waals surface area (Å²) in [6.45, 7) is 3.93. The van der Waals surface area contributed by atoms with Gasteiger partial charge >= 0.3 is 0 Å². The van der Waals surface area contributed by atoms with Crippen LogP contribution < -0.4 is 5.32 Å². The SMILES string of the molecule is CNC(C)CCc1nc(-c2cc(C)cc(F)c2)no1. The molecule has 0 radical (unpaired) electrons. The molecule has 1 aromatic carbocycles. The summed E-state index contributed by atoms with van der Waals surface area (Å²) < 4.78 is 18.5. The van der Waals surface area contributed by atoms with Crippen LogP contribution in [0.3, 0.4) is 0 Å².